The van der Waals surface area contributed by atoms with E-state index in [9.17, 15) is 0 Å². The molecule has 0 heterocycles. The Balaban J connectivity index is 0.000000385. The number of nitrogens with two attached hydrogens (primary N) is 1. The molecule has 0 fully saturated rings. The summed E-state index contributed by atoms with van der Waals surface area (Å²) < 4.78 is 31.6. The highest BCUT2D eigenvalue weighted by atomic mass is 32.3. The first-order valence-corrected chi connectivity index (χ1v) is 5.81. The third-order valence-corrected chi connectivity index (χ3v) is 1.49. The Kier molecular flexibility index (Phi) is 5.97. The van der Waals surface area contributed by atoms with Crippen molar-refractivity contribution in [2.24, 2.45) is 5.73 Å². The largest absolute Gasteiger partial charge is 0.508 e. The molecular formula is C9H15NO5S. The molecule has 0 bridgehead atoms. The van der Waals surface area contributed by atoms with Gasteiger partial charge in [-0.3, -0.25) is 9.11 Å². The van der Waals surface area contributed by atoms with Gasteiger partial charge in [-0.1, -0.05) is 12.1 Å². The first-order chi connectivity index (χ1) is 7.18. The van der Waals surface area contributed by atoms with Crippen LogP contribution in [-0.2, 0) is 16.8 Å². The smallest absolute Gasteiger partial charge is 0.394 e. The number of rotatable bonds is 2. The summed E-state index contributed by atoms with van der Waals surface area (Å²) in [6.07, 6.45) is 0.861. The molecule has 0 aliphatic heterocycles. The summed E-state index contributed by atoms with van der Waals surface area (Å²) in [5, 5.41) is 8.96. The summed E-state index contributed by atoms with van der Waals surface area (Å²) >= 11 is 0. The highest BCUT2D eigenvalue weighted by Crippen LogP contribution is 2.10. The van der Waals surface area contributed by atoms with Crippen molar-refractivity contribution < 1.29 is 22.6 Å². The van der Waals surface area contributed by atoms with Crippen molar-refractivity contribution in [3.63, 3.8) is 0 Å². The van der Waals surface area contributed by atoms with Crippen LogP contribution >= 0.6 is 0 Å². The summed E-state index contributed by atoms with van der Waals surface area (Å²) in [5.74, 6) is 0.304. The van der Waals surface area contributed by atoms with Gasteiger partial charge in [0.1, 0.15) is 5.75 Å². The second kappa shape index (κ2) is 6.44. The Morgan fingerprint density at radius 2 is 1.62 bits per heavy atom. The predicted molar refractivity (Wildman–Crippen MR) is 59.6 cm³/mol. The highest BCUT2D eigenvalue weighted by molar-refractivity contribution is 7.79. The van der Waals surface area contributed by atoms with E-state index in [0.29, 0.717) is 5.75 Å². The third-order valence-electron chi connectivity index (χ3n) is 1.49. The predicted octanol–water partition coefficient (Wildman–Crippen LogP) is 0.629. The maximum atomic E-state index is 8.96. The van der Waals surface area contributed by atoms with Gasteiger partial charge in [0.2, 0.25) is 0 Å². The van der Waals surface area contributed by atoms with Crippen LogP contribution < -0.4 is 5.73 Å². The lowest BCUT2D eigenvalue weighted by atomic mass is 10.1. The minimum Gasteiger partial charge on any atom is -0.508 e. The van der Waals surface area contributed by atoms with Crippen LogP contribution in [0.2, 0.25) is 0 Å². The maximum absolute atomic E-state index is 8.96. The second-order valence-electron chi connectivity index (χ2n) is 3.30. The fraction of sp³-hybridized carbons (Fsp3) is 0.333. The van der Waals surface area contributed by atoms with Crippen LogP contribution in [0.25, 0.3) is 0 Å². The van der Waals surface area contributed by atoms with Crippen molar-refractivity contribution >= 4 is 10.4 Å². The molecule has 0 radical (unpaired) electrons. The zero-order valence-corrected chi connectivity index (χ0v) is 9.55. The van der Waals surface area contributed by atoms with Crippen molar-refractivity contribution in [3.8, 4) is 5.75 Å². The van der Waals surface area contributed by atoms with Crippen LogP contribution in [-0.4, -0.2) is 28.7 Å². The van der Waals surface area contributed by atoms with E-state index in [1.165, 1.54) is 0 Å². The Morgan fingerprint density at radius 3 is 1.94 bits per heavy atom. The molecule has 92 valence electrons. The monoisotopic (exact) mass is 249 g/mol. The quantitative estimate of drug-likeness (QED) is 0.570. The lowest BCUT2D eigenvalue weighted by molar-refractivity contribution is 0.381. The fourth-order valence-electron chi connectivity index (χ4n) is 1.00. The zero-order valence-electron chi connectivity index (χ0n) is 8.74. The van der Waals surface area contributed by atoms with E-state index in [4.69, 9.17) is 28.4 Å². The Hall–Kier alpha value is -1.15. The molecule has 0 spiro atoms. The lowest BCUT2D eigenvalue weighted by Crippen LogP contribution is -2.17. The van der Waals surface area contributed by atoms with Gasteiger partial charge in [0, 0.05) is 6.04 Å². The van der Waals surface area contributed by atoms with Crippen molar-refractivity contribution in [1.29, 1.82) is 0 Å². The lowest BCUT2D eigenvalue weighted by Gasteiger charge is -2.03. The third kappa shape index (κ3) is 10.9. The highest BCUT2D eigenvalue weighted by Gasteiger charge is 1.96. The molecule has 5 N–H and O–H groups in total. The first kappa shape index (κ1) is 14.8. The van der Waals surface area contributed by atoms with Gasteiger partial charge in [0.05, 0.1) is 0 Å². The molecule has 1 aromatic rings. The minimum atomic E-state index is -4.67. The van der Waals surface area contributed by atoms with Gasteiger partial charge in [-0.05, 0) is 31.0 Å². The molecule has 0 aliphatic rings. The van der Waals surface area contributed by atoms with E-state index in [1.54, 1.807) is 12.1 Å². The topological polar surface area (TPSA) is 121 Å². The summed E-state index contributed by atoms with van der Waals surface area (Å²) in [6, 6.07) is 7.31. The van der Waals surface area contributed by atoms with Gasteiger partial charge in [-0.2, -0.15) is 8.42 Å². The second-order valence-corrected chi connectivity index (χ2v) is 4.19. The van der Waals surface area contributed by atoms with E-state index in [1.807, 2.05) is 19.1 Å². The van der Waals surface area contributed by atoms with E-state index < -0.39 is 10.4 Å². The Bertz CT molecular complexity index is 390. The van der Waals surface area contributed by atoms with E-state index in [2.05, 4.69) is 0 Å². The van der Waals surface area contributed by atoms with E-state index >= 15 is 0 Å². The molecule has 1 rings (SSSR count). The molecule has 1 aromatic carbocycles. The van der Waals surface area contributed by atoms with Crippen LogP contribution in [0.4, 0.5) is 0 Å². The summed E-state index contributed by atoms with van der Waals surface area (Å²) in [6.45, 7) is 1.97. The fourth-order valence-corrected chi connectivity index (χ4v) is 1.00. The molecule has 0 amide bonds. The van der Waals surface area contributed by atoms with Gasteiger partial charge in [0.25, 0.3) is 0 Å². The summed E-state index contributed by atoms with van der Waals surface area (Å²) in [5.41, 5.74) is 6.76. The summed E-state index contributed by atoms with van der Waals surface area (Å²) in [7, 11) is -4.67. The maximum Gasteiger partial charge on any atom is 0.394 e. The average Bonchev–Trinajstić information content (AvgIpc) is 2.05. The normalized spacial score (nSPS) is 12.5. The molecular weight excluding hydrogens is 234 g/mol. The summed E-state index contributed by atoms with van der Waals surface area (Å²) in [4.78, 5) is 0. The Labute approximate surface area is 94.3 Å². The van der Waals surface area contributed by atoms with Crippen molar-refractivity contribution in [2.75, 3.05) is 0 Å². The number of benzene rings is 1. The van der Waals surface area contributed by atoms with Crippen LogP contribution in [0.3, 0.4) is 0 Å². The molecule has 0 saturated heterocycles. The minimum absolute atomic E-state index is 0.180. The van der Waals surface area contributed by atoms with Crippen LogP contribution in [0, 0.1) is 0 Å². The Morgan fingerprint density at radius 1 is 1.25 bits per heavy atom. The van der Waals surface area contributed by atoms with Crippen LogP contribution in [0.5, 0.6) is 5.75 Å². The van der Waals surface area contributed by atoms with E-state index in [0.717, 1.165) is 12.0 Å². The first-order valence-electron chi connectivity index (χ1n) is 4.42. The van der Waals surface area contributed by atoms with Gasteiger partial charge in [-0.15, -0.1) is 0 Å². The number of phenolic OH excluding ortho intramolecular Hbond substituents is 1. The molecule has 1 atom stereocenters. The number of hydrogen-bond acceptors (Lipinski definition) is 4. The number of phenols is 1. The molecule has 16 heavy (non-hydrogen) atoms. The van der Waals surface area contributed by atoms with Gasteiger partial charge in [0.15, 0.2) is 0 Å². The number of hydrogen-bond donors (Lipinski definition) is 4. The van der Waals surface area contributed by atoms with E-state index in [-0.39, 0.29) is 6.04 Å². The standard InChI is InChI=1S/C9H13NO.H2O4S/c1-7(10)6-8-2-4-9(11)5-3-8;1-5(2,3)4/h2-5,7,11H,6,10H2,1H3;(H2,1,2,3,4). The van der Waals surface area contributed by atoms with Gasteiger partial charge >= 0.3 is 10.4 Å². The molecule has 0 aliphatic carbocycles. The SMILES string of the molecule is CC(N)Cc1ccc(O)cc1.O=S(=O)(O)O. The van der Waals surface area contributed by atoms with Crippen LogP contribution in [0.1, 0.15) is 12.5 Å². The van der Waals surface area contributed by atoms with Crippen molar-refractivity contribution in [1.82, 2.24) is 0 Å². The molecule has 0 aromatic heterocycles. The van der Waals surface area contributed by atoms with Crippen molar-refractivity contribution in [3.05, 3.63) is 29.8 Å². The van der Waals surface area contributed by atoms with Gasteiger partial charge in [-0.25, -0.2) is 0 Å². The molecule has 7 heteroatoms. The average molecular weight is 249 g/mol. The molecule has 6 nitrogen and oxygen atoms in total. The van der Waals surface area contributed by atoms with Crippen LogP contribution in [0.15, 0.2) is 24.3 Å². The zero-order chi connectivity index (χ0) is 12.8. The van der Waals surface area contributed by atoms with Gasteiger partial charge < -0.3 is 10.8 Å². The van der Waals surface area contributed by atoms with Crippen molar-refractivity contribution in [2.45, 2.75) is 19.4 Å². The molecule has 1 unspecified atom stereocenters. The molecule has 0 saturated carbocycles. The number of aromatic hydroxyl groups is 1.